The van der Waals surface area contributed by atoms with Crippen molar-refractivity contribution in [3.05, 3.63) is 16.1 Å². The van der Waals surface area contributed by atoms with Crippen LogP contribution in [0.25, 0.3) is 0 Å². The molecule has 2 N–H and O–H groups in total. The monoisotopic (exact) mass is 253 g/mol. The highest BCUT2D eigenvalue weighted by Crippen LogP contribution is 2.30. The van der Waals surface area contributed by atoms with Gasteiger partial charge in [-0.05, 0) is 31.7 Å². The molecule has 2 heterocycles. The van der Waals surface area contributed by atoms with Crippen molar-refractivity contribution in [1.82, 2.24) is 15.6 Å². The molecule has 0 amide bonds. The van der Waals surface area contributed by atoms with E-state index in [0.29, 0.717) is 5.41 Å². The van der Waals surface area contributed by atoms with Gasteiger partial charge in [0.15, 0.2) is 0 Å². The Morgan fingerprint density at radius 3 is 3.06 bits per heavy atom. The number of thiazole rings is 1. The van der Waals surface area contributed by atoms with Crippen LogP contribution in [0.2, 0.25) is 0 Å². The van der Waals surface area contributed by atoms with E-state index >= 15 is 0 Å². The van der Waals surface area contributed by atoms with E-state index < -0.39 is 0 Å². The Labute approximate surface area is 108 Å². The molecule has 0 bridgehead atoms. The fourth-order valence-corrected chi connectivity index (χ4v) is 3.45. The molecule has 2 rings (SSSR count). The Bertz CT molecular complexity index is 342. The summed E-state index contributed by atoms with van der Waals surface area (Å²) >= 11 is 1.79. The molecule has 96 valence electrons. The van der Waals surface area contributed by atoms with Crippen LogP contribution in [0.1, 0.15) is 36.1 Å². The third kappa shape index (κ3) is 3.50. The van der Waals surface area contributed by atoms with Crippen LogP contribution in [0.4, 0.5) is 0 Å². The number of aryl methyl sites for hydroxylation is 1. The molecule has 0 aliphatic carbocycles. The van der Waals surface area contributed by atoms with Gasteiger partial charge in [-0.15, -0.1) is 11.3 Å². The minimum absolute atomic E-state index is 0.487. The molecule has 0 saturated carbocycles. The second-order valence-corrected chi connectivity index (χ2v) is 6.46. The van der Waals surface area contributed by atoms with Gasteiger partial charge in [-0.25, -0.2) is 4.98 Å². The minimum atomic E-state index is 0.487. The molecule has 4 heteroatoms. The lowest BCUT2D eigenvalue weighted by molar-refractivity contribution is 0.276. The zero-order valence-electron chi connectivity index (χ0n) is 10.9. The molecule has 1 saturated heterocycles. The van der Waals surface area contributed by atoms with Gasteiger partial charge in [-0.2, -0.15) is 0 Å². The summed E-state index contributed by atoms with van der Waals surface area (Å²) in [5.41, 5.74) is 0.487. The fourth-order valence-electron chi connectivity index (χ4n) is 2.70. The zero-order chi connectivity index (χ0) is 12.1. The van der Waals surface area contributed by atoms with Crippen molar-refractivity contribution in [2.75, 3.05) is 19.6 Å². The molecule has 1 aliphatic heterocycles. The Morgan fingerprint density at radius 2 is 2.47 bits per heavy atom. The van der Waals surface area contributed by atoms with Crippen molar-refractivity contribution in [1.29, 1.82) is 0 Å². The van der Waals surface area contributed by atoms with Crippen LogP contribution in [-0.4, -0.2) is 24.6 Å². The Hall–Kier alpha value is -0.450. The SMILES string of the molecule is CCCC1(CNCc2ncc(C)s2)CCNC1. The standard InChI is InChI=1S/C13H23N3S/c1-3-4-13(5-6-14-9-13)10-15-8-12-16-7-11(2)17-12/h7,14-15H,3-6,8-10H2,1-2H3. The molecule has 1 aromatic heterocycles. The zero-order valence-corrected chi connectivity index (χ0v) is 11.7. The lowest BCUT2D eigenvalue weighted by Crippen LogP contribution is -2.35. The number of rotatable bonds is 6. The van der Waals surface area contributed by atoms with Crippen molar-refractivity contribution < 1.29 is 0 Å². The summed E-state index contributed by atoms with van der Waals surface area (Å²) in [5.74, 6) is 0. The third-order valence-electron chi connectivity index (χ3n) is 3.56. The summed E-state index contributed by atoms with van der Waals surface area (Å²) in [6, 6.07) is 0. The van der Waals surface area contributed by atoms with E-state index in [4.69, 9.17) is 0 Å². The van der Waals surface area contributed by atoms with E-state index in [1.54, 1.807) is 11.3 Å². The van der Waals surface area contributed by atoms with E-state index in [0.717, 1.165) is 13.1 Å². The molecule has 1 fully saturated rings. The van der Waals surface area contributed by atoms with Gasteiger partial charge in [0.25, 0.3) is 0 Å². The Balaban J connectivity index is 1.79. The lowest BCUT2D eigenvalue weighted by Gasteiger charge is -2.28. The number of aromatic nitrogens is 1. The lowest BCUT2D eigenvalue weighted by atomic mass is 9.82. The number of hydrogen-bond donors (Lipinski definition) is 2. The summed E-state index contributed by atoms with van der Waals surface area (Å²) in [7, 11) is 0. The van der Waals surface area contributed by atoms with E-state index in [-0.39, 0.29) is 0 Å². The molecule has 0 radical (unpaired) electrons. The van der Waals surface area contributed by atoms with Crippen LogP contribution in [-0.2, 0) is 6.54 Å². The average Bonchev–Trinajstić information content (AvgIpc) is 2.90. The van der Waals surface area contributed by atoms with Crippen molar-refractivity contribution in [2.24, 2.45) is 5.41 Å². The van der Waals surface area contributed by atoms with Crippen LogP contribution >= 0.6 is 11.3 Å². The molecule has 0 spiro atoms. The second kappa shape index (κ2) is 5.94. The normalized spacial score (nSPS) is 24.4. The highest BCUT2D eigenvalue weighted by Gasteiger charge is 2.32. The summed E-state index contributed by atoms with van der Waals surface area (Å²) < 4.78 is 0. The first kappa shape index (κ1) is 13.0. The first-order valence-electron chi connectivity index (χ1n) is 6.57. The fraction of sp³-hybridized carbons (Fsp3) is 0.769. The van der Waals surface area contributed by atoms with Gasteiger partial charge in [0, 0.05) is 30.7 Å². The molecular formula is C13H23N3S. The minimum Gasteiger partial charge on any atom is -0.316 e. The number of nitrogens with zero attached hydrogens (tertiary/aromatic N) is 1. The van der Waals surface area contributed by atoms with E-state index in [1.807, 2.05) is 6.20 Å². The average molecular weight is 253 g/mol. The quantitative estimate of drug-likeness (QED) is 0.817. The van der Waals surface area contributed by atoms with Gasteiger partial charge in [0.05, 0.1) is 0 Å². The Kier molecular flexibility index (Phi) is 4.54. The van der Waals surface area contributed by atoms with Gasteiger partial charge in [-0.3, -0.25) is 0 Å². The first-order valence-corrected chi connectivity index (χ1v) is 7.38. The maximum Gasteiger partial charge on any atom is 0.107 e. The van der Waals surface area contributed by atoms with Crippen LogP contribution < -0.4 is 10.6 Å². The largest absolute Gasteiger partial charge is 0.316 e. The van der Waals surface area contributed by atoms with Gasteiger partial charge < -0.3 is 10.6 Å². The molecule has 17 heavy (non-hydrogen) atoms. The maximum absolute atomic E-state index is 4.39. The molecule has 1 aromatic rings. The predicted molar refractivity (Wildman–Crippen MR) is 73.4 cm³/mol. The predicted octanol–water partition coefficient (Wildman–Crippen LogP) is 2.32. The summed E-state index contributed by atoms with van der Waals surface area (Å²) in [5, 5.41) is 8.30. The van der Waals surface area contributed by atoms with Gasteiger partial charge in [-0.1, -0.05) is 13.3 Å². The molecule has 1 aliphatic rings. The van der Waals surface area contributed by atoms with Crippen LogP contribution in [0.5, 0.6) is 0 Å². The maximum atomic E-state index is 4.39. The summed E-state index contributed by atoms with van der Waals surface area (Å²) in [6.45, 7) is 8.78. The van der Waals surface area contributed by atoms with Gasteiger partial charge in [0.1, 0.15) is 5.01 Å². The summed E-state index contributed by atoms with van der Waals surface area (Å²) in [4.78, 5) is 5.69. The second-order valence-electron chi connectivity index (χ2n) is 5.14. The molecule has 1 atom stereocenters. The topological polar surface area (TPSA) is 37.0 Å². The van der Waals surface area contributed by atoms with E-state index in [9.17, 15) is 0 Å². The molecule has 0 aromatic carbocycles. The van der Waals surface area contributed by atoms with Crippen LogP contribution in [0.3, 0.4) is 0 Å². The van der Waals surface area contributed by atoms with E-state index in [2.05, 4.69) is 29.5 Å². The first-order chi connectivity index (χ1) is 8.24. The summed E-state index contributed by atoms with van der Waals surface area (Å²) in [6.07, 6.45) is 5.87. The van der Waals surface area contributed by atoms with Crippen molar-refractivity contribution in [2.45, 2.75) is 39.7 Å². The highest BCUT2D eigenvalue weighted by molar-refractivity contribution is 7.11. The molecule has 3 nitrogen and oxygen atoms in total. The van der Waals surface area contributed by atoms with E-state index in [1.165, 1.54) is 42.2 Å². The Morgan fingerprint density at radius 1 is 1.59 bits per heavy atom. The smallest absolute Gasteiger partial charge is 0.107 e. The van der Waals surface area contributed by atoms with Crippen molar-refractivity contribution in [3.8, 4) is 0 Å². The van der Waals surface area contributed by atoms with Gasteiger partial charge in [0.2, 0.25) is 0 Å². The van der Waals surface area contributed by atoms with Crippen LogP contribution in [0, 0.1) is 12.3 Å². The number of nitrogens with one attached hydrogen (secondary N) is 2. The van der Waals surface area contributed by atoms with Crippen molar-refractivity contribution in [3.63, 3.8) is 0 Å². The number of hydrogen-bond acceptors (Lipinski definition) is 4. The third-order valence-corrected chi connectivity index (χ3v) is 4.47. The van der Waals surface area contributed by atoms with Crippen molar-refractivity contribution >= 4 is 11.3 Å². The van der Waals surface area contributed by atoms with Crippen LogP contribution in [0.15, 0.2) is 6.20 Å². The molecular weight excluding hydrogens is 230 g/mol. The highest BCUT2D eigenvalue weighted by atomic mass is 32.1. The van der Waals surface area contributed by atoms with Gasteiger partial charge >= 0.3 is 0 Å². The molecule has 1 unspecified atom stereocenters.